The van der Waals surface area contributed by atoms with Gasteiger partial charge >= 0.3 is 0 Å². The number of sulfonamides is 1. The van der Waals surface area contributed by atoms with Crippen LogP contribution in [0.15, 0.2) is 47.4 Å². The van der Waals surface area contributed by atoms with Gasteiger partial charge in [-0.2, -0.15) is 4.31 Å². The number of aliphatic hydroxyl groups excluding tert-OH is 1. The number of carbonyl (C=O) groups excluding carboxylic acids is 1. The van der Waals surface area contributed by atoms with E-state index in [1.807, 2.05) is 6.92 Å². The van der Waals surface area contributed by atoms with Gasteiger partial charge in [0.05, 0.1) is 13.2 Å². The van der Waals surface area contributed by atoms with Gasteiger partial charge in [0.15, 0.2) is 0 Å². The molecule has 0 saturated carbocycles. The largest absolute Gasteiger partial charge is 0.487 e. The molecule has 1 heterocycles. The van der Waals surface area contributed by atoms with Gasteiger partial charge in [-0.15, -0.1) is 0 Å². The second-order valence-electron chi connectivity index (χ2n) is 8.51. The van der Waals surface area contributed by atoms with Crippen molar-refractivity contribution in [2.45, 2.75) is 44.2 Å². The molecule has 2 aromatic rings. The van der Waals surface area contributed by atoms with E-state index in [1.54, 1.807) is 50.1 Å². The monoisotopic (exact) mass is 478 g/mol. The molecule has 0 radical (unpaired) electrons. The third-order valence-corrected chi connectivity index (χ3v) is 8.05. The summed E-state index contributed by atoms with van der Waals surface area (Å²) in [5.74, 6) is -0.674. The number of carbonyl (C=O) groups is 1. The number of fused-ring (bicyclic) bond motifs is 1. The minimum atomic E-state index is -3.99. The first-order valence-corrected chi connectivity index (χ1v) is 12.5. The lowest BCUT2D eigenvalue weighted by Gasteiger charge is -2.37. The fourth-order valence-electron chi connectivity index (χ4n) is 3.95. The molecule has 1 aliphatic rings. The van der Waals surface area contributed by atoms with Crippen LogP contribution in [0.25, 0.3) is 11.1 Å². The van der Waals surface area contributed by atoms with E-state index in [0.29, 0.717) is 17.5 Å². The third kappa shape index (κ3) is 5.20. The maximum absolute atomic E-state index is 14.4. The van der Waals surface area contributed by atoms with Gasteiger partial charge in [-0.1, -0.05) is 38.1 Å². The van der Waals surface area contributed by atoms with Gasteiger partial charge in [0.25, 0.3) is 0 Å². The highest BCUT2D eigenvalue weighted by Gasteiger charge is 2.38. The molecule has 0 saturated heterocycles. The summed E-state index contributed by atoms with van der Waals surface area (Å²) in [6.45, 7) is 5.31. The van der Waals surface area contributed by atoms with Crippen molar-refractivity contribution in [3.63, 3.8) is 0 Å². The van der Waals surface area contributed by atoms with E-state index in [2.05, 4.69) is 0 Å². The second kappa shape index (κ2) is 10.2. The van der Waals surface area contributed by atoms with Gasteiger partial charge in [-0.05, 0) is 30.7 Å². The van der Waals surface area contributed by atoms with Crippen LogP contribution in [0.1, 0.15) is 27.2 Å². The van der Waals surface area contributed by atoms with Crippen molar-refractivity contribution in [1.29, 1.82) is 0 Å². The third-order valence-electron chi connectivity index (χ3n) is 6.03. The molecule has 0 bridgehead atoms. The minimum absolute atomic E-state index is 0.0516. The summed E-state index contributed by atoms with van der Waals surface area (Å²) in [4.78, 5) is 13.7. The van der Waals surface area contributed by atoms with Crippen LogP contribution in [-0.2, 0) is 14.8 Å². The number of benzene rings is 2. The molecule has 33 heavy (non-hydrogen) atoms. The molecule has 180 valence electrons. The van der Waals surface area contributed by atoms with Crippen molar-refractivity contribution in [1.82, 2.24) is 9.21 Å². The molecule has 2 aromatic carbocycles. The molecular formula is C24H31FN2O5S. The van der Waals surface area contributed by atoms with Gasteiger partial charge in [0, 0.05) is 37.5 Å². The number of amides is 1. The molecule has 0 aromatic heterocycles. The average molecular weight is 479 g/mol. The van der Waals surface area contributed by atoms with Crippen molar-refractivity contribution < 1.29 is 27.4 Å². The number of rotatable bonds is 6. The quantitative estimate of drug-likeness (QED) is 0.689. The lowest BCUT2D eigenvalue weighted by Crippen LogP contribution is -2.50. The van der Waals surface area contributed by atoms with Crippen LogP contribution < -0.4 is 4.74 Å². The van der Waals surface area contributed by atoms with Crippen LogP contribution in [0.3, 0.4) is 0 Å². The molecule has 0 aliphatic carbocycles. The first-order chi connectivity index (χ1) is 15.6. The summed E-state index contributed by atoms with van der Waals surface area (Å²) in [7, 11) is -2.31. The second-order valence-corrected chi connectivity index (χ2v) is 10.4. The van der Waals surface area contributed by atoms with E-state index >= 15 is 0 Å². The summed E-state index contributed by atoms with van der Waals surface area (Å²) in [5, 5.41) is 9.72. The highest BCUT2D eigenvalue weighted by molar-refractivity contribution is 7.89. The van der Waals surface area contributed by atoms with Crippen molar-refractivity contribution in [2.75, 3.05) is 26.7 Å². The molecule has 1 N–H and O–H groups in total. The summed E-state index contributed by atoms with van der Waals surface area (Å²) in [6, 6.07) is 10.1. The zero-order valence-corrected chi connectivity index (χ0v) is 20.2. The van der Waals surface area contributed by atoms with Crippen LogP contribution >= 0.6 is 0 Å². The molecule has 0 unspecified atom stereocenters. The molecule has 3 atom stereocenters. The summed E-state index contributed by atoms with van der Waals surface area (Å²) in [5.41, 5.74) is 0.806. The van der Waals surface area contributed by atoms with Crippen molar-refractivity contribution in [3.8, 4) is 16.9 Å². The fraction of sp³-hybridized carbons (Fsp3) is 0.458. The summed E-state index contributed by atoms with van der Waals surface area (Å²) < 4.78 is 49.0. The van der Waals surface area contributed by atoms with Crippen molar-refractivity contribution in [2.24, 2.45) is 5.92 Å². The van der Waals surface area contributed by atoms with E-state index in [-0.39, 0.29) is 42.2 Å². The fourth-order valence-corrected chi connectivity index (χ4v) is 5.77. The molecule has 1 aliphatic heterocycles. The lowest BCUT2D eigenvalue weighted by molar-refractivity contribution is -0.131. The van der Waals surface area contributed by atoms with E-state index in [4.69, 9.17) is 4.74 Å². The SMILES string of the molecule is CCC(=O)N(C)C[C@@H]1Oc2cc(-c3ccccc3F)ccc2S(=O)(=O)N([C@H](C)CO)C[C@H]1C. The van der Waals surface area contributed by atoms with E-state index in [0.717, 1.165) is 0 Å². The lowest BCUT2D eigenvalue weighted by atomic mass is 10.0. The Morgan fingerprint density at radius 3 is 2.64 bits per heavy atom. The molecule has 7 nitrogen and oxygen atoms in total. The maximum atomic E-state index is 14.4. The first kappa shape index (κ1) is 25.1. The van der Waals surface area contributed by atoms with Gasteiger partial charge < -0.3 is 14.7 Å². The standard InChI is InChI=1S/C24H31FN2O5S/c1-5-24(29)26(4)14-22-16(2)13-27(17(3)15-28)33(30,31)23-11-10-18(12-21(23)32-22)19-8-6-7-9-20(19)25/h6-12,16-17,22,28H,5,13-15H2,1-4H3/t16-,17-,22+/m1/s1. The van der Waals surface area contributed by atoms with Crippen LogP contribution in [0.2, 0.25) is 0 Å². The summed E-state index contributed by atoms with van der Waals surface area (Å²) in [6.07, 6.45) is -0.169. The highest BCUT2D eigenvalue weighted by atomic mass is 32.2. The van der Waals surface area contributed by atoms with Gasteiger partial charge in [-0.25, -0.2) is 12.8 Å². The predicted molar refractivity (Wildman–Crippen MR) is 124 cm³/mol. The van der Waals surface area contributed by atoms with Crippen LogP contribution in [-0.4, -0.2) is 67.5 Å². The normalized spacial score (nSPS) is 21.3. The van der Waals surface area contributed by atoms with Crippen molar-refractivity contribution in [3.05, 3.63) is 48.3 Å². The Hall–Kier alpha value is -2.49. The Balaban J connectivity index is 2.14. The number of hydrogen-bond donors (Lipinski definition) is 1. The predicted octanol–water partition coefficient (Wildman–Crippen LogP) is 3.13. The number of likely N-dealkylation sites (N-methyl/N-ethyl adjacent to an activating group) is 1. The first-order valence-electron chi connectivity index (χ1n) is 11.0. The van der Waals surface area contributed by atoms with Gasteiger partial charge in [-0.3, -0.25) is 4.79 Å². The van der Waals surface area contributed by atoms with Gasteiger partial charge in [0.1, 0.15) is 22.6 Å². The number of halogens is 1. The van der Waals surface area contributed by atoms with Crippen LogP contribution in [0.5, 0.6) is 5.75 Å². The topological polar surface area (TPSA) is 87.2 Å². The van der Waals surface area contributed by atoms with Gasteiger partial charge in [0.2, 0.25) is 15.9 Å². The van der Waals surface area contributed by atoms with Crippen molar-refractivity contribution >= 4 is 15.9 Å². The molecule has 0 fully saturated rings. The van der Waals surface area contributed by atoms with E-state index in [9.17, 15) is 22.7 Å². The average Bonchev–Trinajstić information content (AvgIpc) is 2.80. The molecule has 0 spiro atoms. The number of aliphatic hydroxyl groups is 1. The molecule has 3 rings (SSSR count). The van der Waals surface area contributed by atoms with Crippen LogP contribution in [0, 0.1) is 11.7 Å². The zero-order valence-electron chi connectivity index (χ0n) is 19.4. The highest BCUT2D eigenvalue weighted by Crippen LogP contribution is 2.37. The zero-order chi connectivity index (χ0) is 24.3. The summed E-state index contributed by atoms with van der Waals surface area (Å²) >= 11 is 0. The Kier molecular flexibility index (Phi) is 7.76. The minimum Gasteiger partial charge on any atom is -0.487 e. The number of hydrogen-bond acceptors (Lipinski definition) is 5. The molecular weight excluding hydrogens is 447 g/mol. The smallest absolute Gasteiger partial charge is 0.247 e. The Morgan fingerprint density at radius 1 is 1.30 bits per heavy atom. The Morgan fingerprint density at radius 2 is 2.00 bits per heavy atom. The Bertz CT molecular complexity index is 1110. The van der Waals surface area contributed by atoms with E-state index in [1.165, 1.54) is 22.5 Å². The molecule has 1 amide bonds. The Labute approximate surface area is 194 Å². The molecule has 9 heteroatoms. The van der Waals surface area contributed by atoms with Crippen LogP contribution in [0.4, 0.5) is 4.39 Å². The maximum Gasteiger partial charge on any atom is 0.247 e. The number of nitrogens with zero attached hydrogens (tertiary/aromatic N) is 2. The number of ether oxygens (including phenoxy) is 1. The van der Waals surface area contributed by atoms with E-state index < -0.39 is 28.0 Å².